The molecule has 0 N–H and O–H groups in total. The van der Waals surface area contributed by atoms with Crippen molar-refractivity contribution in [2.75, 3.05) is 37.1 Å². The first-order valence-electron chi connectivity index (χ1n) is 13.6. The Labute approximate surface area is 269 Å². The summed E-state index contributed by atoms with van der Waals surface area (Å²) in [4.78, 5) is 75.2. The van der Waals surface area contributed by atoms with Crippen molar-refractivity contribution >= 4 is 80.7 Å². The molecular weight excluding hydrogens is 667 g/mol. The van der Waals surface area contributed by atoms with Gasteiger partial charge in [0.1, 0.15) is 19.8 Å². The van der Waals surface area contributed by atoms with Gasteiger partial charge in [-0.05, 0) is 19.3 Å². The second-order valence-electron chi connectivity index (χ2n) is 8.37. The lowest BCUT2D eigenvalue weighted by Crippen LogP contribution is -2.55. The lowest BCUT2D eigenvalue weighted by atomic mass is 10.4. The normalized spacial score (nSPS) is 10.9. The van der Waals surface area contributed by atoms with Gasteiger partial charge in [0, 0.05) is 49.6 Å². The van der Waals surface area contributed by atoms with E-state index in [0.29, 0.717) is 0 Å². The van der Waals surface area contributed by atoms with E-state index in [0.717, 1.165) is 102 Å². The molecule has 0 aliphatic carbocycles. The minimum absolute atomic E-state index is 0.269. The standard InChI is InChI=1S/C24H39N3O9S6/c1-4-7-16-37-40-22(31)34-13-10-25-19(28)26(11-14-35-23(32)41-38-17-8-5-2)21(30)27(20(25)29)12-15-36-24(33)42-39-18-9-6-3/h4-18H2,1-3H3. The molecule has 1 heterocycles. The summed E-state index contributed by atoms with van der Waals surface area (Å²) < 4.78 is 17.7. The molecule has 42 heavy (non-hydrogen) atoms. The number of unbranched alkanes of at least 4 members (excludes halogenated alkanes) is 3. The van der Waals surface area contributed by atoms with Crippen LogP contribution in [0.25, 0.3) is 0 Å². The van der Waals surface area contributed by atoms with E-state index in [1.165, 1.54) is 32.4 Å². The molecule has 18 heteroatoms. The molecule has 0 atom stereocenters. The Hall–Kier alpha value is -1.08. The summed E-state index contributed by atoms with van der Waals surface area (Å²) in [6.07, 6.45) is 5.87. The Balaban J connectivity index is 2.95. The SMILES string of the molecule is CCCCSSC(=O)OCCn1c(=O)n(CCOC(=O)SSCCCC)c(=O)n(CCOC(=O)SSCCCC)c1=O. The van der Waals surface area contributed by atoms with Crippen molar-refractivity contribution in [2.24, 2.45) is 0 Å². The number of carbonyl (C=O) groups excluding carboxylic acids is 3. The Morgan fingerprint density at radius 2 is 0.786 bits per heavy atom. The average molecular weight is 706 g/mol. The monoisotopic (exact) mass is 705 g/mol. The number of rotatable bonds is 21. The zero-order valence-corrected chi connectivity index (χ0v) is 29.0. The van der Waals surface area contributed by atoms with E-state index in [9.17, 15) is 28.8 Å². The van der Waals surface area contributed by atoms with Gasteiger partial charge < -0.3 is 14.2 Å². The van der Waals surface area contributed by atoms with Crippen LogP contribution in [0.3, 0.4) is 0 Å². The van der Waals surface area contributed by atoms with E-state index >= 15 is 0 Å². The van der Waals surface area contributed by atoms with E-state index in [4.69, 9.17) is 14.2 Å². The van der Waals surface area contributed by atoms with Crippen molar-refractivity contribution in [3.8, 4) is 0 Å². The molecule has 12 nitrogen and oxygen atoms in total. The van der Waals surface area contributed by atoms with Crippen molar-refractivity contribution in [3.63, 3.8) is 0 Å². The summed E-state index contributed by atoms with van der Waals surface area (Å²) in [6.45, 7) is 4.44. The molecule has 0 bridgehead atoms. The number of carbonyl (C=O) groups is 3. The largest absolute Gasteiger partial charge is 0.455 e. The Kier molecular flexibility index (Phi) is 22.5. The molecule has 1 rings (SSSR count). The molecule has 1 aromatic rings. The van der Waals surface area contributed by atoms with Crippen LogP contribution in [-0.2, 0) is 33.8 Å². The second-order valence-corrected chi connectivity index (χ2v) is 15.4. The van der Waals surface area contributed by atoms with Gasteiger partial charge in [-0.25, -0.2) is 42.5 Å². The summed E-state index contributed by atoms with van der Waals surface area (Å²) in [7, 11) is 6.88. The molecule has 0 radical (unpaired) electrons. The molecule has 1 aromatic heterocycles. The molecule has 0 unspecified atom stereocenters. The van der Waals surface area contributed by atoms with Gasteiger partial charge in [0.25, 0.3) is 0 Å². The zero-order chi connectivity index (χ0) is 31.2. The van der Waals surface area contributed by atoms with Crippen molar-refractivity contribution < 1.29 is 28.6 Å². The van der Waals surface area contributed by atoms with Crippen molar-refractivity contribution in [3.05, 3.63) is 31.5 Å². The minimum Gasteiger partial charge on any atom is -0.455 e. The van der Waals surface area contributed by atoms with E-state index in [1.807, 2.05) is 20.8 Å². The van der Waals surface area contributed by atoms with Gasteiger partial charge in [-0.1, -0.05) is 72.4 Å². The summed E-state index contributed by atoms with van der Waals surface area (Å²) in [5, 5.41) is -1.67. The second kappa shape index (κ2) is 24.3. The average Bonchev–Trinajstić information content (AvgIpc) is 2.97. The molecule has 0 aliphatic rings. The zero-order valence-electron chi connectivity index (χ0n) is 24.1. The van der Waals surface area contributed by atoms with E-state index in [-0.39, 0.29) is 39.5 Å². The van der Waals surface area contributed by atoms with Gasteiger partial charge in [-0.2, -0.15) is 0 Å². The fraction of sp³-hybridized carbons (Fsp3) is 0.750. The molecule has 0 aliphatic heterocycles. The fourth-order valence-electron chi connectivity index (χ4n) is 2.87. The molecule has 0 amide bonds. The lowest BCUT2D eigenvalue weighted by Gasteiger charge is -2.14. The van der Waals surface area contributed by atoms with Crippen LogP contribution in [0.15, 0.2) is 14.4 Å². The third kappa shape index (κ3) is 16.1. The van der Waals surface area contributed by atoms with Crippen LogP contribution in [0.1, 0.15) is 59.3 Å². The quantitative estimate of drug-likeness (QED) is 0.0626. The van der Waals surface area contributed by atoms with Crippen molar-refractivity contribution in [1.29, 1.82) is 0 Å². The Morgan fingerprint density at radius 1 is 0.524 bits per heavy atom. The van der Waals surface area contributed by atoms with Crippen LogP contribution in [0, 0.1) is 0 Å². The summed E-state index contributed by atoms with van der Waals surface area (Å²) in [5.74, 6) is 2.35. The van der Waals surface area contributed by atoms with Crippen LogP contribution in [-0.4, -0.2) is 66.7 Å². The molecule has 0 saturated heterocycles. The highest BCUT2D eigenvalue weighted by Crippen LogP contribution is 2.26. The highest BCUT2D eigenvalue weighted by atomic mass is 33.1. The smallest absolute Gasteiger partial charge is 0.378 e. The number of hydrogen-bond donors (Lipinski definition) is 0. The third-order valence-electron chi connectivity index (χ3n) is 5.11. The fourth-order valence-corrected chi connectivity index (χ4v) is 8.13. The van der Waals surface area contributed by atoms with Crippen LogP contribution in [0.2, 0.25) is 0 Å². The Morgan fingerprint density at radius 3 is 1.02 bits per heavy atom. The maximum Gasteiger partial charge on any atom is 0.378 e. The first kappa shape index (κ1) is 38.9. The first-order chi connectivity index (χ1) is 20.3. The van der Waals surface area contributed by atoms with Crippen LogP contribution >= 0.6 is 64.8 Å². The number of hydrogen-bond acceptors (Lipinski definition) is 15. The van der Waals surface area contributed by atoms with Gasteiger partial charge in [0.15, 0.2) is 0 Å². The summed E-state index contributed by atoms with van der Waals surface area (Å²) >= 11 is 0. The van der Waals surface area contributed by atoms with Crippen LogP contribution in [0.4, 0.5) is 14.4 Å². The van der Waals surface area contributed by atoms with Crippen molar-refractivity contribution in [2.45, 2.75) is 78.9 Å². The lowest BCUT2D eigenvalue weighted by molar-refractivity contribution is 0.162. The Bertz CT molecular complexity index is 974. The van der Waals surface area contributed by atoms with Gasteiger partial charge >= 0.3 is 33.0 Å². The molecule has 0 spiro atoms. The summed E-state index contributed by atoms with van der Waals surface area (Å²) in [5.41, 5.74) is -2.78. The highest BCUT2D eigenvalue weighted by Gasteiger charge is 2.17. The maximum absolute atomic E-state index is 13.1. The van der Waals surface area contributed by atoms with Gasteiger partial charge in [0.2, 0.25) is 0 Å². The minimum atomic E-state index is -0.928. The van der Waals surface area contributed by atoms with Gasteiger partial charge in [-0.3, -0.25) is 0 Å². The predicted molar refractivity (Wildman–Crippen MR) is 178 cm³/mol. The maximum atomic E-state index is 13.1. The molecule has 240 valence electrons. The van der Waals surface area contributed by atoms with Gasteiger partial charge in [-0.15, -0.1) is 0 Å². The molecular formula is C24H39N3O9S6. The topological polar surface area (TPSA) is 145 Å². The summed E-state index contributed by atoms with van der Waals surface area (Å²) in [6, 6.07) is 0. The van der Waals surface area contributed by atoms with Crippen LogP contribution < -0.4 is 17.1 Å². The van der Waals surface area contributed by atoms with Crippen molar-refractivity contribution in [1.82, 2.24) is 13.7 Å². The molecule has 0 fully saturated rings. The first-order valence-corrected chi connectivity index (χ1v) is 20.5. The number of ether oxygens (including phenoxy) is 3. The molecule has 0 aromatic carbocycles. The van der Waals surface area contributed by atoms with Crippen LogP contribution in [0.5, 0.6) is 0 Å². The van der Waals surface area contributed by atoms with E-state index < -0.39 is 33.0 Å². The van der Waals surface area contributed by atoms with Gasteiger partial charge in [0.05, 0.1) is 19.6 Å². The highest BCUT2D eigenvalue weighted by molar-refractivity contribution is 8.82. The predicted octanol–water partition coefficient (Wildman–Crippen LogP) is 6.13. The van der Waals surface area contributed by atoms with E-state index in [2.05, 4.69) is 0 Å². The third-order valence-corrected chi connectivity index (χ3v) is 11.4. The number of aromatic nitrogens is 3. The molecule has 0 saturated carbocycles. The van der Waals surface area contributed by atoms with E-state index in [1.54, 1.807) is 0 Å². The number of nitrogens with zero attached hydrogens (tertiary/aromatic N) is 3.